The molecule has 9 heteroatoms. The first-order valence-electron chi connectivity index (χ1n) is 9.60. The van der Waals surface area contributed by atoms with Crippen LogP contribution in [0.4, 0.5) is 11.5 Å². The topological polar surface area (TPSA) is 128 Å². The van der Waals surface area contributed by atoms with Crippen LogP contribution in [-0.2, 0) is 4.79 Å². The van der Waals surface area contributed by atoms with Crippen LogP contribution in [0.5, 0.6) is 0 Å². The molecule has 1 aromatic rings. The Hall–Kier alpha value is -2.31. The molecule has 1 amide bonds. The van der Waals surface area contributed by atoms with Gasteiger partial charge in [-0.15, -0.1) is 0 Å². The zero-order valence-corrected chi connectivity index (χ0v) is 16.8. The fourth-order valence-electron chi connectivity index (χ4n) is 3.96. The maximum atomic E-state index is 12.1. The number of guanidine groups is 1. The number of amides is 1. The summed E-state index contributed by atoms with van der Waals surface area (Å²) in [7, 11) is 0. The van der Waals surface area contributed by atoms with Gasteiger partial charge in [0.1, 0.15) is 5.82 Å². The summed E-state index contributed by atoms with van der Waals surface area (Å²) in [5.41, 5.74) is 6.55. The van der Waals surface area contributed by atoms with E-state index in [-0.39, 0.29) is 11.9 Å². The van der Waals surface area contributed by atoms with Gasteiger partial charge in [-0.2, -0.15) is 17.0 Å². The highest BCUT2D eigenvalue weighted by Gasteiger charge is 2.39. The van der Waals surface area contributed by atoms with Crippen LogP contribution in [0.25, 0.3) is 0 Å². The number of aromatic nitrogens is 1. The average Bonchev–Trinajstić information content (AvgIpc) is 3.31. The first-order chi connectivity index (χ1) is 13.6. The third-order valence-corrected chi connectivity index (χ3v) is 6.06. The molecular weight excluding hydrogens is 374 g/mol. The van der Waals surface area contributed by atoms with Gasteiger partial charge in [0, 0.05) is 0 Å². The van der Waals surface area contributed by atoms with Gasteiger partial charge in [-0.3, -0.25) is 10.1 Å². The molecule has 8 nitrogen and oxygen atoms in total. The van der Waals surface area contributed by atoms with Gasteiger partial charge in [-0.25, -0.2) is 9.98 Å². The standard InChI is InChI=1S/C19H27N7OS/c1-28-7-6-15(21)18(27)26-17-5-4-14(10-22-17)24-19(23-11-20)25-16-9-12-2-3-13(16)8-12/h4-5,10,12-13,15-16H,2-3,6-9,21H2,1H3,(H,22,26,27)(H2,23,24,25)/t12-,13+,15+,16+/m1/s1. The van der Waals surface area contributed by atoms with Gasteiger partial charge in [0.05, 0.1) is 24.0 Å². The van der Waals surface area contributed by atoms with Crippen LogP contribution >= 0.6 is 11.8 Å². The van der Waals surface area contributed by atoms with Crippen molar-refractivity contribution in [1.82, 2.24) is 10.3 Å². The number of carbonyl (C=O) groups is 1. The van der Waals surface area contributed by atoms with E-state index in [2.05, 4.69) is 20.9 Å². The summed E-state index contributed by atoms with van der Waals surface area (Å²) < 4.78 is 0. The van der Waals surface area contributed by atoms with E-state index >= 15 is 0 Å². The van der Waals surface area contributed by atoms with Crippen molar-refractivity contribution in [3.63, 3.8) is 0 Å². The number of carbonyl (C=O) groups excluding carboxylic acids is 1. The summed E-state index contributed by atoms with van der Waals surface area (Å²) in [6.45, 7) is 0. The van der Waals surface area contributed by atoms with Crippen molar-refractivity contribution in [2.45, 2.75) is 44.2 Å². The summed E-state index contributed by atoms with van der Waals surface area (Å²) in [6.07, 6.45) is 11.0. The molecule has 0 radical (unpaired) electrons. The van der Waals surface area contributed by atoms with Crippen molar-refractivity contribution >= 4 is 35.1 Å². The number of rotatable bonds is 7. The SMILES string of the molecule is CSCC[C@H](N)C(=O)Nc1ccc(NC(=N[C@H]2C[C@@H]3CC[C@H]2C3)NC#N)cn1. The first-order valence-corrected chi connectivity index (χ1v) is 11.0. The molecule has 28 heavy (non-hydrogen) atoms. The third kappa shape index (κ3) is 5.36. The predicted octanol–water partition coefficient (Wildman–Crippen LogP) is 2.13. The third-order valence-electron chi connectivity index (χ3n) is 5.42. The molecule has 5 N–H and O–H groups in total. The molecule has 2 bridgehead atoms. The van der Waals surface area contributed by atoms with E-state index in [1.165, 1.54) is 19.3 Å². The lowest BCUT2D eigenvalue weighted by Gasteiger charge is -2.19. The monoisotopic (exact) mass is 401 g/mol. The van der Waals surface area contributed by atoms with E-state index in [9.17, 15) is 4.79 Å². The second-order valence-corrected chi connectivity index (χ2v) is 8.38. The number of nitriles is 1. The van der Waals surface area contributed by atoms with E-state index in [1.54, 1.807) is 30.1 Å². The lowest BCUT2D eigenvalue weighted by molar-refractivity contribution is -0.117. The number of nitrogens with zero attached hydrogens (tertiary/aromatic N) is 3. The molecule has 2 saturated carbocycles. The number of fused-ring (bicyclic) bond motifs is 2. The van der Waals surface area contributed by atoms with Gasteiger partial charge in [0.25, 0.3) is 0 Å². The number of hydrogen-bond donors (Lipinski definition) is 4. The molecule has 3 rings (SSSR count). The molecular formula is C19H27N7OS. The number of anilines is 2. The Kier molecular flexibility index (Phi) is 7.12. The highest BCUT2D eigenvalue weighted by molar-refractivity contribution is 7.98. The van der Waals surface area contributed by atoms with Crippen LogP contribution in [0.1, 0.15) is 32.1 Å². The van der Waals surface area contributed by atoms with Crippen LogP contribution in [0.2, 0.25) is 0 Å². The number of thioether (sulfide) groups is 1. The Labute approximate surface area is 169 Å². The average molecular weight is 402 g/mol. The fourth-order valence-corrected chi connectivity index (χ4v) is 4.45. The largest absolute Gasteiger partial charge is 0.324 e. The van der Waals surface area contributed by atoms with Crippen LogP contribution in [0.3, 0.4) is 0 Å². The number of hydrogen-bond acceptors (Lipinski definition) is 6. The van der Waals surface area contributed by atoms with Crippen molar-refractivity contribution in [2.24, 2.45) is 22.6 Å². The minimum absolute atomic E-state index is 0.244. The molecule has 0 spiro atoms. The van der Waals surface area contributed by atoms with Crippen molar-refractivity contribution in [2.75, 3.05) is 22.6 Å². The van der Waals surface area contributed by atoms with E-state index < -0.39 is 6.04 Å². The maximum absolute atomic E-state index is 12.1. The smallest absolute Gasteiger partial charge is 0.242 e. The number of pyridine rings is 1. The highest BCUT2D eigenvalue weighted by atomic mass is 32.2. The molecule has 1 heterocycles. The molecule has 2 fully saturated rings. The van der Waals surface area contributed by atoms with Gasteiger partial charge < -0.3 is 16.4 Å². The van der Waals surface area contributed by atoms with Gasteiger partial charge in [-0.05, 0) is 61.7 Å². The van der Waals surface area contributed by atoms with Gasteiger partial charge >= 0.3 is 0 Å². The van der Waals surface area contributed by atoms with Crippen LogP contribution in [0.15, 0.2) is 23.3 Å². The van der Waals surface area contributed by atoms with Gasteiger partial charge in [0.2, 0.25) is 11.9 Å². The van der Waals surface area contributed by atoms with Crippen LogP contribution < -0.4 is 21.7 Å². The molecule has 150 valence electrons. The normalized spacial score (nSPS) is 24.5. The summed E-state index contributed by atoms with van der Waals surface area (Å²) >= 11 is 1.66. The van der Waals surface area contributed by atoms with E-state index in [4.69, 9.17) is 16.0 Å². The van der Waals surface area contributed by atoms with Gasteiger partial charge in [-0.1, -0.05) is 6.42 Å². The van der Waals surface area contributed by atoms with Crippen molar-refractivity contribution in [3.05, 3.63) is 18.3 Å². The molecule has 2 aliphatic carbocycles. The van der Waals surface area contributed by atoms with Crippen molar-refractivity contribution in [1.29, 1.82) is 5.26 Å². The zero-order valence-electron chi connectivity index (χ0n) is 16.0. The fraction of sp³-hybridized carbons (Fsp3) is 0.579. The Morgan fingerprint density at radius 2 is 2.29 bits per heavy atom. The lowest BCUT2D eigenvalue weighted by Crippen LogP contribution is -2.36. The molecule has 1 aromatic heterocycles. The van der Waals surface area contributed by atoms with Crippen molar-refractivity contribution in [3.8, 4) is 6.19 Å². The summed E-state index contributed by atoms with van der Waals surface area (Å²) in [4.78, 5) is 21.0. The van der Waals surface area contributed by atoms with Crippen LogP contribution in [0, 0.1) is 23.3 Å². The Morgan fingerprint density at radius 1 is 1.43 bits per heavy atom. The minimum atomic E-state index is -0.549. The molecule has 0 unspecified atom stereocenters. The number of nitrogens with two attached hydrogens (primary N) is 1. The van der Waals surface area contributed by atoms with Crippen LogP contribution in [-0.4, -0.2) is 40.9 Å². The quantitative estimate of drug-likeness (QED) is 0.238. The van der Waals surface area contributed by atoms with E-state index in [0.717, 1.165) is 18.1 Å². The summed E-state index contributed by atoms with van der Waals surface area (Å²) in [6, 6.07) is 3.21. The lowest BCUT2D eigenvalue weighted by atomic mass is 9.96. The van der Waals surface area contributed by atoms with Crippen molar-refractivity contribution < 1.29 is 4.79 Å². The molecule has 0 aromatic carbocycles. The number of aliphatic imine (C=N–C) groups is 1. The Morgan fingerprint density at radius 3 is 2.89 bits per heavy atom. The molecule has 0 aliphatic heterocycles. The Balaban J connectivity index is 1.57. The predicted molar refractivity (Wildman–Crippen MR) is 113 cm³/mol. The van der Waals surface area contributed by atoms with Gasteiger partial charge in [0.15, 0.2) is 6.19 Å². The van der Waals surface area contributed by atoms with E-state index in [0.29, 0.717) is 29.8 Å². The molecule has 4 atom stereocenters. The number of nitrogens with one attached hydrogen (secondary N) is 3. The first kappa shape index (κ1) is 20.4. The molecule has 0 saturated heterocycles. The molecule has 2 aliphatic rings. The summed E-state index contributed by atoms with van der Waals surface area (Å²) in [5.74, 6) is 2.89. The highest BCUT2D eigenvalue weighted by Crippen LogP contribution is 2.45. The summed E-state index contributed by atoms with van der Waals surface area (Å²) in [5, 5.41) is 17.5. The second kappa shape index (κ2) is 9.75. The second-order valence-electron chi connectivity index (χ2n) is 7.39. The maximum Gasteiger partial charge on any atom is 0.242 e. The zero-order chi connectivity index (χ0) is 19.9. The minimum Gasteiger partial charge on any atom is -0.324 e. The van der Waals surface area contributed by atoms with E-state index in [1.807, 2.05) is 12.4 Å². The Bertz CT molecular complexity index is 746.